The molecule has 0 saturated carbocycles. The monoisotopic (exact) mass is 208 g/mol. The maximum absolute atomic E-state index is 5.47. The van der Waals surface area contributed by atoms with Crippen molar-refractivity contribution < 1.29 is 4.52 Å². The summed E-state index contributed by atoms with van der Waals surface area (Å²) in [6.45, 7) is 0.639. The molecule has 0 aliphatic rings. The topological polar surface area (TPSA) is 9.23 Å². The Bertz CT molecular complexity index is 240. The third-order valence-electron chi connectivity index (χ3n) is 1.16. The van der Waals surface area contributed by atoms with Crippen LogP contribution in [0.15, 0.2) is 24.3 Å². The first kappa shape index (κ1) is 9.12. The molecule has 1 aromatic carbocycles. The van der Waals surface area contributed by atoms with Gasteiger partial charge in [0, 0.05) is 0 Å². The first-order valence-electron chi connectivity index (χ1n) is 3.05. The molecule has 1 nitrogen and oxygen atoms in total. The summed E-state index contributed by atoms with van der Waals surface area (Å²) in [4.78, 5) is 0. The van der Waals surface area contributed by atoms with Gasteiger partial charge in [0.15, 0.2) is 0 Å². The van der Waals surface area contributed by atoms with Crippen LogP contribution in [0, 0.1) is 6.92 Å². The quantitative estimate of drug-likeness (QED) is 0.666. The lowest BCUT2D eigenvalue weighted by Crippen LogP contribution is -1.78. The number of hydrogen-bond donors (Lipinski definition) is 0. The molecular weight excluding hydrogens is 202 g/mol. The van der Waals surface area contributed by atoms with Crippen LogP contribution in [0.3, 0.4) is 0 Å². The van der Waals surface area contributed by atoms with Gasteiger partial charge in [0.25, 0.3) is 6.85 Å². The number of hydrogen-bond acceptors (Lipinski definition) is 1. The van der Waals surface area contributed by atoms with Gasteiger partial charge in [0.2, 0.25) is 0 Å². The van der Waals surface area contributed by atoms with Gasteiger partial charge in [-0.05, 0) is 47.1 Å². The summed E-state index contributed by atoms with van der Waals surface area (Å²) >= 11 is 10.9. The average molecular weight is 209 g/mol. The molecule has 0 N–H and O–H groups in total. The fraction of sp³-hybridized carbons (Fsp3) is 0.143. The molecule has 4 heteroatoms. The van der Waals surface area contributed by atoms with Crippen molar-refractivity contribution in [1.29, 1.82) is 0 Å². The lowest BCUT2D eigenvalue weighted by molar-refractivity contribution is 0.637. The first-order valence-corrected chi connectivity index (χ1v) is 6.12. The Kier molecular flexibility index (Phi) is 3.45. The zero-order chi connectivity index (χ0) is 8.27. The Morgan fingerprint density at radius 1 is 1.36 bits per heavy atom. The van der Waals surface area contributed by atoms with E-state index in [-0.39, 0.29) is 0 Å². The number of aryl methyl sites for hydroxylation is 1. The highest BCUT2D eigenvalue weighted by Crippen LogP contribution is 2.47. The van der Waals surface area contributed by atoms with Crippen LogP contribution in [-0.4, -0.2) is 0 Å². The molecule has 0 fully saturated rings. The van der Waals surface area contributed by atoms with Crippen molar-refractivity contribution in [2.75, 3.05) is 0 Å². The highest BCUT2D eigenvalue weighted by molar-refractivity contribution is 8.00. The largest absolute Gasteiger partial charge is 0.445 e. The number of rotatable bonds is 2. The molecule has 1 rings (SSSR count). The second-order valence-electron chi connectivity index (χ2n) is 2.11. The van der Waals surface area contributed by atoms with Crippen LogP contribution < -0.4 is 4.52 Å². The van der Waals surface area contributed by atoms with Gasteiger partial charge >= 0.3 is 0 Å². The summed E-state index contributed by atoms with van der Waals surface area (Å²) in [5.41, 5.74) is 1.13. The molecule has 0 unspecified atom stereocenters. The molecule has 0 atom stereocenters. The van der Waals surface area contributed by atoms with Gasteiger partial charge in [0.1, 0.15) is 5.75 Å². The van der Waals surface area contributed by atoms with Crippen molar-refractivity contribution >= 4 is 29.3 Å². The van der Waals surface area contributed by atoms with E-state index in [9.17, 15) is 0 Å². The van der Waals surface area contributed by atoms with Crippen LogP contribution in [0.2, 0.25) is 0 Å². The van der Waals surface area contributed by atoms with Crippen molar-refractivity contribution in [3.63, 3.8) is 0 Å². The predicted molar refractivity (Wildman–Crippen MR) is 50.4 cm³/mol. The first-order chi connectivity index (χ1) is 5.18. The van der Waals surface area contributed by atoms with Crippen molar-refractivity contribution in [3.8, 4) is 5.75 Å². The van der Waals surface area contributed by atoms with Crippen molar-refractivity contribution in [1.82, 2.24) is 0 Å². The van der Waals surface area contributed by atoms with E-state index in [0.29, 0.717) is 0 Å². The predicted octanol–water partition coefficient (Wildman–Crippen LogP) is 4.08. The van der Waals surface area contributed by atoms with Crippen LogP contribution >= 0.6 is 29.3 Å². The van der Waals surface area contributed by atoms with Crippen molar-refractivity contribution in [3.05, 3.63) is 29.8 Å². The molecule has 0 amide bonds. The Morgan fingerprint density at radius 2 is 2.09 bits per heavy atom. The van der Waals surface area contributed by atoms with Crippen LogP contribution in [0.1, 0.15) is 5.56 Å². The van der Waals surface area contributed by atoms with Crippen molar-refractivity contribution in [2.24, 2.45) is 0 Å². The van der Waals surface area contributed by atoms with Gasteiger partial charge in [-0.1, -0.05) is 12.1 Å². The molecule has 0 saturated heterocycles. The van der Waals surface area contributed by atoms with Crippen LogP contribution in [0.25, 0.3) is 0 Å². The Hall–Kier alpha value is 0.0300. The third-order valence-corrected chi connectivity index (χ3v) is 1.93. The summed E-state index contributed by atoms with van der Waals surface area (Å²) in [6, 6.07) is 7.60. The van der Waals surface area contributed by atoms with E-state index in [0.717, 1.165) is 11.3 Å². The van der Waals surface area contributed by atoms with Gasteiger partial charge in [0.05, 0.1) is 0 Å². The summed E-state index contributed by atoms with van der Waals surface area (Å²) in [6.07, 6.45) is 0. The minimum absolute atomic E-state index is 0.723. The van der Waals surface area contributed by atoms with Crippen molar-refractivity contribution in [2.45, 2.75) is 6.92 Å². The Morgan fingerprint density at radius 3 is 2.64 bits per heavy atom. The maximum atomic E-state index is 5.47. The molecular formula is C7H7Cl2OP. The standard InChI is InChI=1S/C7H7Cl2OP/c1-6-3-2-4-7(5-6)10-11(8)9/h2-5H,1H3. The molecule has 11 heavy (non-hydrogen) atoms. The van der Waals surface area contributed by atoms with Gasteiger partial charge in [-0.25, -0.2) is 0 Å². The summed E-state index contributed by atoms with van der Waals surface area (Å²) < 4.78 is 5.09. The molecule has 0 radical (unpaired) electrons. The zero-order valence-corrected chi connectivity index (χ0v) is 8.33. The molecule has 0 heterocycles. The van der Waals surface area contributed by atoms with E-state index < -0.39 is 6.85 Å². The van der Waals surface area contributed by atoms with Gasteiger partial charge < -0.3 is 4.52 Å². The van der Waals surface area contributed by atoms with Crippen LogP contribution in [0.5, 0.6) is 5.75 Å². The van der Waals surface area contributed by atoms with Crippen LogP contribution in [-0.2, 0) is 0 Å². The molecule has 0 aliphatic carbocycles. The third kappa shape index (κ3) is 3.29. The van der Waals surface area contributed by atoms with E-state index in [1.54, 1.807) is 0 Å². The lowest BCUT2D eigenvalue weighted by atomic mass is 10.2. The summed E-state index contributed by atoms with van der Waals surface area (Å²) in [5.74, 6) is 0.723. The van der Waals surface area contributed by atoms with Gasteiger partial charge in [-0.2, -0.15) is 0 Å². The second-order valence-corrected chi connectivity index (χ2v) is 5.06. The smallest absolute Gasteiger partial charge is 0.284 e. The van der Waals surface area contributed by atoms with E-state index in [2.05, 4.69) is 0 Å². The Labute approximate surface area is 76.7 Å². The fourth-order valence-corrected chi connectivity index (χ4v) is 1.50. The molecule has 60 valence electrons. The summed E-state index contributed by atoms with van der Waals surface area (Å²) in [5, 5.41) is 0. The normalized spacial score (nSPS) is 10.2. The number of halogens is 2. The van der Waals surface area contributed by atoms with E-state index in [1.807, 2.05) is 31.2 Å². The van der Waals surface area contributed by atoms with Crippen LogP contribution in [0.4, 0.5) is 0 Å². The minimum Gasteiger partial charge on any atom is -0.445 e. The zero-order valence-electron chi connectivity index (χ0n) is 5.92. The minimum atomic E-state index is -1.34. The van der Waals surface area contributed by atoms with Gasteiger partial charge in [-0.15, -0.1) is 0 Å². The number of benzene rings is 1. The van der Waals surface area contributed by atoms with Gasteiger partial charge in [-0.3, -0.25) is 0 Å². The lowest BCUT2D eigenvalue weighted by Gasteiger charge is -2.04. The van der Waals surface area contributed by atoms with E-state index >= 15 is 0 Å². The van der Waals surface area contributed by atoms with E-state index in [4.69, 9.17) is 27.0 Å². The second kappa shape index (κ2) is 4.15. The SMILES string of the molecule is Cc1cccc(OP(Cl)Cl)c1. The summed E-state index contributed by atoms with van der Waals surface area (Å²) in [7, 11) is 0. The molecule has 0 spiro atoms. The fourth-order valence-electron chi connectivity index (χ4n) is 0.752. The average Bonchev–Trinajstić information content (AvgIpc) is 1.85. The van der Waals surface area contributed by atoms with E-state index in [1.165, 1.54) is 0 Å². The Balaban J connectivity index is 2.71. The highest BCUT2D eigenvalue weighted by Gasteiger charge is 2.00. The molecule has 1 aromatic rings. The maximum Gasteiger partial charge on any atom is 0.284 e. The molecule has 0 aromatic heterocycles. The molecule has 0 bridgehead atoms. The molecule has 0 aliphatic heterocycles. The highest BCUT2D eigenvalue weighted by atomic mass is 35.9.